The van der Waals surface area contributed by atoms with Gasteiger partial charge in [-0.25, -0.2) is 0 Å². The molecule has 1 aliphatic rings. The normalized spacial score (nSPS) is 13.6. The van der Waals surface area contributed by atoms with E-state index in [-0.39, 0.29) is 12.5 Å². The van der Waals surface area contributed by atoms with Crippen molar-refractivity contribution in [1.29, 1.82) is 0 Å². The Labute approximate surface area is 193 Å². The minimum atomic E-state index is -0.980. The molecular formula is C23H19BrClN3O3. The lowest BCUT2D eigenvalue weighted by Crippen LogP contribution is -2.38. The fourth-order valence-electron chi connectivity index (χ4n) is 3.69. The number of methoxy groups -OCH3 is 1. The molecule has 1 heterocycles. The minimum Gasteiger partial charge on any atom is -0.496 e. The Morgan fingerprint density at radius 1 is 1.19 bits per heavy atom. The van der Waals surface area contributed by atoms with E-state index in [2.05, 4.69) is 21.2 Å². The molecule has 6 nitrogen and oxygen atoms in total. The molecule has 0 saturated heterocycles. The van der Waals surface area contributed by atoms with Crippen LogP contribution in [0.2, 0.25) is 5.02 Å². The van der Waals surface area contributed by atoms with Crippen molar-refractivity contribution in [2.75, 3.05) is 18.2 Å². The number of anilines is 2. The monoisotopic (exact) mass is 499 g/mol. The van der Waals surface area contributed by atoms with Crippen LogP contribution in [0.15, 0.2) is 65.1 Å². The number of nitrogen functional groups attached to an aromatic ring is 1. The van der Waals surface area contributed by atoms with E-state index >= 15 is 0 Å². The molecule has 1 unspecified atom stereocenters. The van der Waals surface area contributed by atoms with Gasteiger partial charge in [-0.1, -0.05) is 45.7 Å². The fourth-order valence-corrected chi connectivity index (χ4v) is 4.23. The van der Waals surface area contributed by atoms with Gasteiger partial charge in [0.25, 0.3) is 11.8 Å². The summed E-state index contributed by atoms with van der Waals surface area (Å²) in [5.74, 6) is -0.214. The molecule has 31 heavy (non-hydrogen) atoms. The first kappa shape index (κ1) is 21.2. The molecular weight excluding hydrogens is 482 g/mol. The zero-order chi connectivity index (χ0) is 22.1. The molecule has 1 aliphatic heterocycles. The number of ether oxygens (including phenoxy) is 1. The third-order valence-corrected chi connectivity index (χ3v) is 5.90. The Morgan fingerprint density at radius 3 is 2.71 bits per heavy atom. The average Bonchev–Trinajstić information content (AvgIpc) is 3.06. The highest BCUT2D eigenvalue weighted by Crippen LogP contribution is 2.38. The topological polar surface area (TPSA) is 84.7 Å². The van der Waals surface area contributed by atoms with Crippen molar-refractivity contribution in [1.82, 2.24) is 4.90 Å². The molecule has 0 aliphatic carbocycles. The van der Waals surface area contributed by atoms with Crippen molar-refractivity contribution in [3.05, 3.63) is 86.8 Å². The summed E-state index contributed by atoms with van der Waals surface area (Å²) in [6.45, 7) is 0.277. The predicted molar refractivity (Wildman–Crippen MR) is 124 cm³/mol. The molecule has 3 aromatic rings. The van der Waals surface area contributed by atoms with Gasteiger partial charge in [-0.05, 0) is 48.0 Å². The third kappa shape index (κ3) is 4.11. The number of hydrogen-bond acceptors (Lipinski definition) is 4. The van der Waals surface area contributed by atoms with E-state index < -0.39 is 11.9 Å². The maximum Gasteiger partial charge on any atom is 0.255 e. The summed E-state index contributed by atoms with van der Waals surface area (Å²) in [6, 6.07) is 16.5. The fraction of sp³-hybridized carbons (Fsp3) is 0.130. The Hall–Kier alpha value is -3.03. The summed E-state index contributed by atoms with van der Waals surface area (Å²) < 4.78 is 6.28. The first-order valence-electron chi connectivity index (χ1n) is 9.47. The zero-order valence-corrected chi connectivity index (χ0v) is 18.9. The molecule has 1 atom stereocenters. The molecule has 158 valence electrons. The van der Waals surface area contributed by atoms with Crippen LogP contribution < -0.4 is 15.8 Å². The van der Waals surface area contributed by atoms with Crippen LogP contribution in [0.1, 0.15) is 27.5 Å². The number of fused-ring (bicyclic) bond motifs is 1. The number of nitrogens with one attached hydrogen (secondary N) is 1. The Kier molecular flexibility index (Phi) is 5.89. The lowest BCUT2D eigenvalue weighted by molar-refractivity contribution is -0.120. The number of para-hydroxylation sites is 2. The quantitative estimate of drug-likeness (QED) is 0.481. The number of carbonyl (C=O) groups is 2. The number of carbonyl (C=O) groups excluding carboxylic acids is 2. The molecule has 0 spiro atoms. The summed E-state index contributed by atoms with van der Waals surface area (Å²) >= 11 is 9.65. The van der Waals surface area contributed by atoms with E-state index in [4.69, 9.17) is 22.1 Å². The molecule has 2 amide bonds. The number of benzene rings is 3. The molecule has 0 bridgehead atoms. The van der Waals surface area contributed by atoms with Gasteiger partial charge >= 0.3 is 0 Å². The molecule has 4 rings (SSSR count). The van der Waals surface area contributed by atoms with Gasteiger partial charge in [0.2, 0.25) is 0 Å². The van der Waals surface area contributed by atoms with E-state index in [1.807, 2.05) is 12.1 Å². The number of nitrogens with two attached hydrogens (primary N) is 1. The van der Waals surface area contributed by atoms with Gasteiger partial charge < -0.3 is 20.7 Å². The van der Waals surface area contributed by atoms with Gasteiger partial charge in [0.15, 0.2) is 0 Å². The lowest BCUT2D eigenvalue weighted by atomic mass is 10.0. The highest BCUT2D eigenvalue weighted by atomic mass is 79.9. The van der Waals surface area contributed by atoms with Gasteiger partial charge in [0, 0.05) is 27.2 Å². The summed E-state index contributed by atoms with van der Waals surface area (Å²) in [5, 5.41) is 3.28. The highest BCUT2D eigenvalue weighted by molar-refractivity contribution is 9.10. The van der Waals surface area contributed by atoms with Crippen LogP contribution >= 0.6 is 27.5 Å². The van der Waals surface area contributed by atoms with Crippen molar-refractivity contribution >= 4 is 50.7 Å². The van der Waals surface area contributed by atoms with Crippen LogP contribution in [0.5, 0.6) is 5.75 Å². The largest absolute Gasteiger partial charge is 0.496 e. The van der Waals surface area contributed by atoms with Crippen molar-refractivity contribution in [2.45, 2.75) is 12.6 Å². The van der Waals surface area contributed by atoms with Crippen molar-refractivity contribution in [2.24, 2.45) is 0 Å². The van der Waals surface area contributed by atoms with Crippen LogP contribution in [-0.4, -0.2) is 23.8 Å². The SMILES string of the molecule is COc1ccc(Cl)cc1C(C(=O)Nc1ccccc1N)N1Cc2ccc(Br)cc2C1=O. The number of rotatable bonds is 5. The van der Waals surface area contributed by atoms with Gasteiger partial charge in [-0.2, -0.15) is 0 Å². The van der Waals surface area contributed by atoms with Crippen LogP contribution in [0.25, 0.3) is 0 Å². The van der Waals surface area contributed by atoms with E-state index in [9.17, 15) is 9.59 Å². The third-order valence-electron chi connectivity index (χ3n) is 5.17. The molecule has 0 radical (unpaired) electrons. The average molecular weight is 501 g/mol. The van der Waals surface area contributed by atoms with Crippen molar-refractivity contribution < 1.29 is 14.3 Å². The van der Waals surface area contributed by atoms with Crippen molar-refractivity contribution in [3.63, 3.8) is 0 Å². The van der Waals surface area contributed by atoms with Crippen LogP contribution in [-0.2, 0) is 11.3 Å². The number of amides is 2. The second kappa shape index (κ2) is 8.61. The van der Waals surface area contributed by atoms with Crippen molar-refractivity contribution in [3.8, 4) is 5.75 Å². The molecule has 0 aromatic heterocycles. The Balaban J connectivity index is 1.79. The van der Waals surface area contributed by atoms with Crippen LogP contribution in [0, 0.1) is 0 Å². The Morgan fingerprint density at radius 2 is 1.97 bits per heavy atom. The minimum absolute atomic E-state index is 0.250. The molecule has 3 aromatic carbocycles. The van der Waals surface area contributed by atoms with Gasteiger partial charge in [0.1, 0.15) is 11.8 Å². The molecule has 0 fully saturated rings. The molecule has 8 heteroatoms. The smallest absolute Gasteiger partial charge is 0.255 e. The molecule has 3 N–H and O–H groups in total. The van der Waals surface area contributed by atoms with Crippen LogP contribution in [0.4, 0.5) is 11.4 Å². The number of hydrogen-bond donors (Lipinski definition) is 2. The first-order valence-corrected chi connectivity index (χ1v) is 10.6. The van der Waals surface area contributed by atoms with E-state index in [1.165, 1.54) is 12.0 Å². The second-order valence-electron chi connectivity index (χ2n) is 7.10. The summed E-state index contributed by atoms with van der Waals surface area (Å²) in [6.07, 6.45) is 0. The predicted octanol–water partition coefficient (Wildman–Crippen LogP) is 5.03. The summed E-state index contributed by atoms with van der Waals surface area (Å²) in [7, 11) is 1.51. The van der Waals surface area contributed by atoms with Gasteiger partial charge in [-0.15, -0.1) is 0 Å². The van der Waals surface area contributed by atoms with E-state index in [0.717, 1.165) is 10.0 Å². The second-order valence-corrected chi connectivity index (χ2v) is 8.45. The van der Waals surface area contributed by atoms with Crippen LogP contribution in [0.3, 0.4) is 0 Å². The first-order chi connectivity index (χ1) is 14.9. The summed E-state index contributed by atoms with van der Waals surface area (Å²) in [5.41, 5.74) is 8.77. The standard InChI is InChI=1S/C23H19BrClN3O3/c1-31-20-9-8-15(25)11-17(20)21(22(29)27-19-5-3-2-4-18(19)26)28-12-13-6-7-14(24)10-16(13)23(28)30/h2-11,21H,12,26H2,1H3,(H,27,29). The lowest BCUT2D eigenvalue weighted by Gasteiger charge is -2.28. The van der Waals surface area contributed by atoms with E-state index in [1.54, 1.807) is 48.5 Å². The summed E-state index contributed by atoms with van der Waals surface area (Å²) in [4.78, 5) is 28.3. The maximum atomic E-state index is 13.5. The number of halogens is 2. The highest BCUT2D eigenvalue weighted by Gasteiger charge is 2.39. The Bertz CT molecular complexity index is 1180. The van der Waals surface area contributed by atoms with Gasteiger partial charge in [-0.3, -0.25) is 9.59 Å². The molecule has 0 saturated carbocycles. The zero-order valence-electron chi connectivity index (χ0n) is 16.6. The maximum absolute atomic E-state index is 13.5. The van der Waals surface area contributed by atoms with Gasteiger partial charge in [0.05, 0.1) is 18.5 Å². The van der Waals surface area contributed by atoms with E-state index in [0.29, 0.717) is 33.3 Å². The number of nitrogens with zero attached hydrogens (tertiary/aromatic N) is 1.